The van der Waals surface area contributed by atoms with Gasteiger partial charge in [0.1, 0.15) is 6.04 Å². The number of rotatable bonds is 8. The van der Waals surface area contributed by atoms with Gasteiger partial charge in [-0.2, -0.15) is 0 Å². The number of hydrogen-bond acceptors (Lipinski definition) is 5. The summed E-state index contributed by atoms with van der Waals surface area (Å²) >= 11 is 5.91. The minimum atomic E-state index is -0.816. The second kappa shape index (κ2) is 10.8. The van der Waals surface area contributed by atoms with Crippen molar-refractivity contribution < 1.29 is 23.9 Å². The summed E-state index contributed by atoms with van der Waals surface area (Å²) in [5, 5.41) is 5.92. The molecule has 0 fully saturated rings. The largest absolute Gasteiger partial charge is 0.469 e. The fourth-order valence-corrected chi connectivity index (χ4v) is 2.49. The topological polar surface area (TPSA) is 93.7 Å². The van der Waals surface area contributed by atoms with E-state index in [0.717, 1.165) is 0 Å². The highest BCUT2D eigenvalue weighted by Gasteiger charge is 2.28. The molecule has 1 aromatic carbocycles. The van der Waals surface area contributed by atoms with Gasteiger partial charge in [0.2, 0.25) is 5.91 Å². The second-order valence-electron chi connectivity index (χ2n) is 6.71. The van der Waals surface area contributed by atoms with Crippen LogP contribution in [0.4, 0.5) is 4.79 Å². The molecule has 27 heavy (non-hydrogen) atoms. The van der Waals surface area contributed by atoms with E-state index >= 15 is 0 Å². The van der Waals surface area contributed by atoms with Gasteiger partial charge in [-0.05, 0) is 37.5 Å². The van der Waals surface area contributed by atoms with E-state index in [9.17, 15) is 14.4 Å². The molecule has 2 N–H and O–H groups in total. The van der Waals surface area contributed by atoms with Gasteiger partial charge in [0.05, 0.1) is 25.7 Å². The zero-order chi connectivity index (χ0) is 20.6. The molecule has 150 valence electrons. The number of halogens is 1. The van der Waals surface area contributed by atoms with E-state index in [1.165, 1.54) is 7.11 Å². The van der Waals surface area contributed by atoms with Crippen LogP contribution in [0.15, 0.2) is 24.3 Å². The van der Waals surface area contributed by atoms with Gasteiger partial charge in [-0.1, -0.05) is 37.6 Å². The van der Waals surface area contributed by atoms with Crippen LogP contribution in [-0.2, 0) is 19.1 Å². The summed E-state index contributed by atoms with van der Waals surface area (Å²) in [5.41, 5.74) is 0.699. The third-order valence-electron chi connectivity index (χ3n) is 3.75. The van der Waals surface area contributed by atoms with Gasteiger partial charge in [-0.3, -0.25) is 9.59 Å². The van der Waals surface area contributed by atoms with E-state index in [2.05, 4.69) is 10.6 Å². The lowest BCUT2D eigenvalue weighted by molar-refractivity contribution is -0.141. The van der Waals surface area contributed by atoms with E-state index in [-0.39, 0.29) is 18.4 Å². The van der Waals surface area contributed by atoms with Crippen molar-refractivity contribution in [3.8, 4) is 0 Å². The van der Waals surface area contributed by atoms with Crippen molar-refractivity contribution in [2.24, 2.45) is 5.92 Å². The summed E-state index contributed by atoms with van der Waals surface area (Å²) in [6.07, 6.45) is -1.03. The summed E-state index contributed by atoms with van der Waals surface area (Å²) in [5.74, 6) is -1.08. The predicted molar refractivity (Wildman–Crippen MR) is 102 cm³/mol. The quantitative estimate of drug-likeness (QED) is 0.656. The molecule has 1 rings (SSSR count). The first-order valence-electron chi connectivity index (χ1n) is 8.73. The van der Waals surface area contributed by atoms with Crippen LogP contribution in [0.1, 0.15) is 45.7 Å². The maximum Gasteiger partial charge on any atom is 0.408 e. The van der Waals surface area contributed by atoms with E-state index in [1.807, 2.05) is 0 Å². The van der Waals surface area contributed by atoms with Crippen molar-refractivity contribution in [1.29, 1.82) is 0 Å². The number of methoxy groups -OCH3 is 1. The predicted octanol–water partition coefficient (Wildman–Crippen LogP) is 3.22. The van der Waals surface area contributed by atoms with Gasteiger partial charge in [-0.15, -0.1) is 0 Å². The van der Waals surface area contributed by atoms with Gasteiger partial charge >= 0.3 is 12.1 Å². The number of amides is 2. The van der Waals surface area contributed by atoms with Crippen molar-refractivity contribution in [1.82, 2.24) is 10.6 Å². The molecule has 0 aliphatic heterocycles. The lowest BCUT2D eigenvalue weighted by Gasteiger charge is -2.25. The van der Waals surface area contributed by atoms with Crippen molar-refractivity contribution in [2.75, 3.05) is 7.11 Å². The van der Waals surface area contributed by atoms with Gasteiger partial charge in [0.25, 0.3) is 0 Å². The summed E-state index contributed by atoms with van der Waals surface area (Å²) in [6.45, 7) is 7.04. The molecule has 0 saturated carbocycles. The summed E-state index contributed by atoms with van der Waals surface area (Å²) < 4.78 is 9.76. The molecule has 7 nitrogen and oxygen atoms in total. The molecule has 8 heteroatoms. The first-order chi connectivity index (χ1) is 12.6. The third kappa shape index (κ3) is 7.86. The highest BCUT2D eigenvalue weighted by molar-refractivity contribution is 6.30. The Morgan fingerprint density at radius 1 is 1.04 bits per heavy atom. The van der Waals surface area contributed by atoms with Crippen LogP contribution < -0.4 is 10.6 Å². The van der Waals surface area contributed by atoms with E-state index < -0.39 is 30.1 Å². The number of hydrogen-bond donors (Lipinski definition) is 2. The SMILES string of the molecule is COC(=O)C[C@H](NC(=O)[C@@H](NC(=O)OC(C)C)C(C)C)c1ccc(Cl)cc1. The van der Waals surface area contributed by atoms with E-state index in [4.69, 9.17) is 21.1 Å². The molecular formula is C19H27ClN2O5. The molecule has 2 atom stereocenters. The molecule has 0 bridgehead atoms. The number of benzene rings is 1. The Morgan fingerprint density at radius 2 is 1.63 bits per heavy atom. The molecular weight excluding hydrogens is 372 g/mol. The van der Waals surface area contributed by atoms with Crippen LogP contribution in [0.3, 0.4) is 0 Å². The van der Waals surface area contributed by atoms with Crippen molar-refractivity contribution >= 4 is 29.6 Å². The minimum Gasteiger partial charge on any atom is -0.469 e. The average Bonchev–Trinajstić information content (AvgIpc) is 2.58. The Morgan fingerprint density at radius 3 is 2.11 bits per heavy atom. The van der Waals surface area contributed by atoms with Crippen LogP contribution in [0, 0.1) is 5.92 Å². The lowest BCUT2D eigenvalue weighted by Crippen LogP contribution is -2.51. The monoisotopic (exact) mass is 398 g/mol. The average molecular weight is 399 g/mol. The Balaban J connectivity index is 2.95. The van der Waals surface area contributed by atoms with Gasteiger partial charge < -0.3 is 20.1 Å². The number of alkyl carbamates (subject to hydrolysis) is 1. The number of nitrogens with one attached hydrogen (secondary N) is 2. The van der Waals surface area contributed by atoms with E-state index in [1.54, 1.807) is 52.0 Å². The Hall–Kier alpha value is -2.28. The van der Waals surface area contributed by atoms with Crippen molar-refractivity contribution in [3.63, 3.8) is 0 Å². The Labute approximate surface area is 164 Å². The number of ether oxygens (including phenoxy) is 2. The number of carbonyl (C=O) groups is 3. The molecule has 0 unspecified atom stereocenters. The van der Waals surface area contributed by atoms with Crippen LogP contribution in [0.2, 0.25) is 5.02 Å². The zero-order valence-electron chi connectivity index (χ0n) is 16.2. The highest BCUT2D eigenvalue weighted by Crippen LogP contribution is 2.20. The molecule has 0 aromatic heterocycles. The smallest absolute Gasteiger partial charge is 0.408 e. The maximum absolute atomic E-state index is 12.8. The molecule has 2 amide bonds. The van der Waals surface area contributed by atoms with Crippen LogP contribution in [-0.4, -0.2) is 37.2 Å². The van der Waals surface area contributed by atoms with E-state index in [0.29, 0.717) is 10.6 Å². The fraction of sp³-hybridized carbons (Fsp3) is 0.526. The zero-order valence-corrected chi connectivity index (χ0v) is 17.0. The normalized spacial score (nSPS) is 13.0. The fourth-order valence-electron chi connectivity index (χ4n) is 2.37. The van der Waals surface area contributed by atoms with Crippen molar-refractivity contribution in [2.45, 2.75) is 52.3 Å². The Bertz CT molecular complexity index is 646. The van der Waals surface area contributed by atoms with Gasteiger partial charge in [0.15, 0.2) is 0 Å². The standard InChI is InChI=1S/C19H27ClN2O5/c1-11(2)17(22-19(25)27-12(3)4)18(24)21-15(10-16(23)26-5)13-6-8-14(20)9-7-13/h6-9,11-12,15,17H,10H2,1-5H3,(H,21,24)(H,22,25)/t15-,17-/m0/s1. The summed E-state index contributed by atoms with van der Waals surface area (Å²) in [7, 11) is 1.28. The minimum absolute atomic E-state index is 0.0505. The maximum atomic E-state index is 12.8. The Kier molecular flexibility index (Phi) is 9.08. The lowest BCUT2D eigenvalue weighted by atomic mass is 10.00. The summed E-state index contributed by atoms with van der Waals surface area (Å²) in [4.78, 5) is 36.4. The van der Waals surface area contributed by atoms with Crippen LogP contribution >= 0.6 is 11.6 Å². The summed E-state index contributed by atoms with van der Waals surface area (Å²) in [6, 6.07) is 5.36. The molecule has 0 heterocycles. The second-order valence-corrected chi connectivity index (χ2v) is 7.15. The molecule has 0 radical (unpaired) electrons. The third-order valence-corrected chi connectivity index (χ3v) is 4.00. The van der Waals surface area contributed by atoms with Crippen molar-refractivity contribution in [3.05, 3.63) is 34.9 Å². The highest BCUT2D eigenvalue weighted by atomic mass is 35.5. The molecule has 0 aliphatic rings. The molecule has 0 saturated heterocycles. The first kappa shape index (κ1) is 22.8. The molecule has 0 spiro atoms. The molecule has 1 aromatic rings. The van der Waals surface area contributed by atoms with Gasteiger partial charge in [-0.25, -0.2) is 4.79 Å². The van der Waals surface area contributed by atoms with Crippen LogP contribution in [0.25, 0.3) is 0 Å². The number of esters is 1. The first-order valence-corrected chi connectivity index (χ1v) is 9.11. The van der Waals surface area contributed by atoms with Gasteiger partial charge in [0, 0.05) is 5.02 Å². The molecule has 0 aliphatic carbocycles. The van der Waals surface area contributed by atoms with Crippen LogP contribution in [0.5, 0.6) is 0 Å². The number of carbonyl (C=O) groups excluding carboxylic acids is 3.